The SMILES string of the molecule is Cc1ccc(S(=O)(=O)N2CCc3cc(NC(=O)Nc4ccc(C)c(C)c4)ccc32)cc1. The Morgan fingerprint density at radius 1 is 0.839 bits per heavy atom. The molecule has 0 saturated carbocycles. The molecule has 1 aliphatic rings. The number of rotatable bonds is 4. The van der Waals surface area contributed by atoms with E-state index in [1.54, 1.807) is 36.4 Å². The molecule has 3 aromatic carbocycles. The molecule has 0 bridgehead atoms. The highest BCUT2D eigenvalue weighted by atomic mass is 32.2. The van der Waals surface area contributed by atoms with Gasteiger partial charge in [0.05, 0.1) is 10.6 Å². The summed E-state index contributed by atoms with van der Waals surface area (Å²) in [6, 6.07) is 17.6. The topological polar surface area (TPSA) is 78.5 Å². The summed E-state index contributed by atoms with van der Waals surface area (Å²) in [5.41, 5.74) is 6.16. The smallest absolute Gasteiger partial charge is 0.308 e. The van der Waals surface area contributed by atoms with Crippen molar-refractivity contribution in [3.63, 3.8) is 0 Å². The minimum Gasteiger partial charge on any atom is -0.308 e. The van der Waals surface area contributed by atoms with Gasteiger partial charge in [-0.25, -0.2) is 13.2 Å². The molecule has 0 fully saturated rings. The minimum absolute atomic E-state index is 0.279. The Kier molecular flexibility index (Phi) is 5.45. The Labute approximate surface area is 183 Å². The van der Waals surface area contributed by atoms with Crippen molar-refractivity contribution in [2.24, 2.45) is 0 Å². The molecule has 160 valence electrons. The van der Waals surface area contributed by atoms with E-state index < -0.39 is 10.0 Å². The van der Waals surface area contributed by atoms with Gasteiger partial charge in [0.2, 0.25) is 0 Å². The van der Waals surface area contributed by atoms with Crippen molar-refractivity contribution in [1.82, 2.24) is 0 Å². The van der Waals surface area contributed by atoms with Crippen LogP contribution in [0.15, 0.2) is 65.6 Å². The van der Waals surface area contributed by atoms with Gasteiger partial charge < -0.3 is 10.6 Å². The molecule has 31 heavy (non-hydrogen) atoms. The number of fused-ring (bicyclic) bond motifs is 1. The fourth-order valence-electron chi connectivity index (χ4n) is 3.65. The average Bonchev–Trinajstić information content (AvgIpc) is 3.15. The number of carbonyl (C=O) groups excluding carboxylic acids is 1. The Hall–Kier alpha value is -3.32. The van der Waals surface area contributed by atoms with E-state index in [0.717, 1.165) is 27.9 Å². The molecule has 0 radical (unpaired) electrons. The highest BCUT2D eigenvalue weighted by molar-refractivity contribution is 7.92. The molecule has 0 spiro atoms. The van der Waals surface area contributed by atoms with Crippen molar-refractivity contribution in [2.45, 2.75) is 32.1 Å². The first-order valence-corrected chi connectivity index (χ1v) is 11.6. The predicted molar refractivity (Wildman–Crippen MR) is 124 cm³/mol. The van der Waals surface area contributed by atoms with E-state index >= 15 is 0 Å². The number of carbonyl (C=O) groups is 1. The van der Waals surface area contributed by atoms with Crippen LogP contribution in [0.4, 0.5) is 21.9 Å². The number of urea groups is 1. The van der Waals surface area contributed by atoms with Gasteiger partial charge in [-0.05, 0) is 86.3 Å². The van der Waals surface area contributed by atoms with E-state index in [0.29, 0.717) is 24.3 Å². The fourth-order valence-corrected chi connectivity index (χ4v) is 5.15. The predicted octanol–water partition coefficient (Wildman–Crippen LogP) is 5.01. The molecule has 6 nitrogen and oxygen atoms in total. The minimum atomic E-state index is -3.62. The molecule has 7 heteroatoms. The van der Waals surface area contributed by atoms with Gasteiger partial charge in [-0.15, -0.1) is 0 Å². The first-order valence-electron chi connectivity index (χ1n) is 10.1. The lowest BCUT2D eigenvalue weighted by Gasteiger charge is -2.20. The number of nitrogens with zero attached hydrogens (tertiary/aromatic N) is 1. The molecule has 1 aliphatic heterocycles. The zero-order valence-corrected chi connectivity index (χ0v) is 18.6. The highest BCUT2D eigenvalue weighted by Gasteiger charge is 2.31. The molecular weight excluding hydrogens is 410 g/mol. The van der Waals surface area contributed by atoms with Crippen LogP contribution in [0, 0.1) is 20.8 Å². The van der Waals surface area contributed by atoms with E-state index in [1.165, 1.54) is 4.31 Å². The molecule has 2 N–H and O–H groups in total. The average molecular weight is 436 g/mol. The maximum Gasteiger partial charge on any atom is 0.323 e. The van der Waals surface area contributed by atoms with Gasteiger partial charge >= 0.3 is 6.03 Å². The van der Waals surface area contributed by atoms with Crippen molar-refractivity contribution < 1.29 is 13.2 Å². The highest BCUT2D eigenvalue weighted by Crippen LogP contribution is 2.34. The Morgan fingerprint density at radius 2 is 1.48 bits per heavy atom. The summed E-state index contributed by atoms with van der Waals surface area (Å²) in [5.74, 6) is 0. The maximum atomic E-state index is 13.1. The summed E-state index contributed by atoms with van der Waals surface area (Å²) in [7, 11) is -3.62. The number of amides is 2. The van der Waals surface area contributed by atoms with Crippen LogP contribution in [-0.2, 0) is 16.4 Å². The summed E-state index contributed by atoms with van der Waals surface area (Å²) in [6.07, 6.45) is 0.592. The van der Waals surface area contributed by atoms with Gasteiger partial charge in [-0.1, -0.05) is 23.8 Å². The van der Waals surface area contributed by atoms with Crippen LogP contribution in [0.3, 0.4) is 0 Å². The zero-order valence-electron chi connectivity index (χ0n) is 17.8. The summed E-state index contributed by atoms with van der Waals surface area (Å²) in [4.78, 5) is 12.7. The third-order valence-corrected chi connectivity index (χ3v) is 7.39. The van der Waals surface area contributed by atoms with Gasteiger partial charge in [0.1, 0.15) is 0 Å². The van der Waals surface area contributed by atoms with Crippen LogP contribution in [0.2, 0.25) is 0 Å². The number of aryl methyl sites for hydroxylation is 3. The van der Waals surface area contributed by atoms with Crippen LogP contribution in [0.25, 0.3) is 0 Å². The first kappa shape index (κ1) is 20.9. The number of nitrogens with one attached hydrogen (secondary N) is 2. The lowest BCUT2D eigenvalue weighted by Crippen LogP contribution is -2.29. The number of sulfonamides is 1. The van der Waals surface area contributed by atoms with Gasteiger partial charge in [-0.2, -0.15) is 0 Å². The van der Waals surface area contributed by atoms with Crippen LogP contribution >= 0.6 is 0 Å². The lowest BCUT2D eigenvalue weighted by molar-refractivity contribution is 0.262. The van der Waals surface area contributed by atoms with E-state index in [1.807, 2.05) is 45.0 Å². The molecule has 0 aromatic heterocycles. The molecule has 0 aliphatic carbocycles. The molecule has 0 unspecified atom stereocenters. The second kappa shape index (κ2) is 8.07. The van der Waals surface area contributed by atoms with Crippen LogP contribution in [0.5, 0.6) is 0 Å². The quantitative estimate of drug-likeness (QED) is 0.605. The Balaban J connectivity index is 1.50. The van der Waals surface area contributed by atoms with Gasteiger partial charge in [-0.3, -0.25) is 4.31 Å². The molecular formula is C24H25N3O3S. The number of benzene rings is 3. The molecule has 2 amide bonds. The maximum absolute atomic E-state index is 13.1. The lowest BCUT2D eigenvalue weighted by atomic mass is 10.1. The fraction of sp³-hybridized carbons (Fsp3) is 0.208. The standard InChI is InChI=1S/C24H25N3O3S/c1-16-4-9-22(10-5-16)31(29,30)27-13-12-19-15-21(8-11-23(19)27)26-24(28)25-20-7-6-17(2)18(3)14-20/h4-11,14-15H,12-13H2,1-3H3,(H2,25,26,28). The van der Waals surface area contributed by atoms with Crippen molar-refractivity contribution in [1.29, 1.82) is 0 Å². The summed E-state index contributed by atoms with van der Waals surface area (Å²) in [6.45, 7) is 6.32. The zero-order chi connectivity index (χ0) is 22.2. The van der Waals surface area contributed by atoms with Crippen molar-refractivity contribution >= 4 is 33.1 Å². The Bertz CT molecular complexity index is 1250. The van der Waals surface area contributed by atoms with Crippen molar-refractivity contribution in [2.75, 3.05) is 21.5 Å². The summed E-state index contributed by atoms with van der Waals surface area (Å²) >= 11 is 0. The van der Waals surface area contributed by atoms with Crippen LogP contribution in [-0.4, -0.2) is 21.0 Å². The molecule has 3 aromatic rings. The van der Waals surface area contributed by atoms with E-state index in [-0.39, 0.29) is 10.9 Å². The normalized spacial score (nSPS) is 13.1. The number of hydrogen-bond acceptors (Lipinski definition) is 3. The third-order valence-electron chi connectivity index (χ3n) is 5.56. The van der Waals surface area contributed by atoms with Crippen molar-refractivity contribution in [3.8, 4) is 0 Å². The largest absolute Gasteiger partial charge is 0.323 e. The molecule has 4 rings (SSSR count). The van der Waals surface area contributed by atoms with Crippen LogP contribution in [0.1, 0.15) is 22.3 Å². The molecule has 1 heterocycles. The summed E-state index contributed by atoms with van der Waals surface area (Å²) in [5, 5.41) is 5.66. The van der Waals surface area contributed by atoms with E-state index in [9.17, 15) is 13.2 Å². The third kappa shape index (κ3) is 4.27. The second-order valence-electron chi connectivity index (χ2n) is 7.86. The van der Waals surface area contributed by atoms with Gasteiger partial charge in [0, 0.05) is 17.9 Å². The second-order valence-corrected chi connectivity index (χ2v) is 9.72. The van der Waals surface area contributed by atoms with Gasteiger partial charge in [0.25, 0.3) is 10.0 Å². The summed E-state index contributed by atoms with van der Waals surface area (Å²) < 4.78 is 27.6. The Morgan fingerprint density at radius 3 is 2.16 bits per heavy atom. The molecule has 0 atom stereocenters. The van der Waals surface area contributed by atoms with E-state index in [2.05, 4.69) is 10.6 Å². The number of anilines is 3. The molecule has 0 saturated heterocycles. The monoisotopic (exact) mass is 435 g/mol. The first-order chi connectivity index (χ1) is 14.7. The number of hydrogen-bond donors (Lipinski definition) is 2. The van der Waals surface area contributed by atoms with Gasteiger partial charge in [0.15, 0.2) is 0 Å². The van der Waals surface area contributed by atoms with Crippen molar-refractivity contribution in [3.05, 3.63) is 82.9 Å². The van der Waals surface area contributed by atoms with E-state index in [4.69, 9.17) is 0 Å². The van der Waals surface area contributed by atoms with Crippen LogP contribution < -0.4 is 14.9 Å².